The molecule has 0 saturated carbocycles. The maximum Gasteiger partial charge on any atom is 0.172 e. The lowest BCUT2D eigenvalue weighted by Crippen LogP contribution is -1.94. The van der Waals surface area contributed by atoms with Gasteiger partial charge in [0.05, 0.1) is 17.1 Å². The van der Waals surface area contributed by atoms with E-state index >= 15 is 0 Å². The number of halogens is 2. The summed E-state index contributed by atoms with van der Waals surface area (Å²) in [5, 5.41) is 1.15. The fourth-order valence-corrected chi connectivity index (χ4v) is 5.89. The molecule has 0 aliphatic carbocycles. The third kappa shape index (κ3) is 2.42. The van der Waals surface area contributed by atoms with Crippen LogP contribution >= 0.6 is 54.5 Å². The summed E-state index contributed by atoms with van der Waals surface area (Å²) in [7, 11) is 0. The quantitative estimate of drug-likeness (QED) is 0.606. The van der Waals surface area contributed by atoms with Crippen LogP contribution in [0.25, 0.3) is 10.1 Å². The van der Waals surface area contributed by atoms with Gasteiger partial charge >= 0.3 is 0 Å². The lowest BCUT2D eigenvalue weighted by Gasteiger charge is -1.94. The maximum absolute atomic E-state index is 11.9. The van der Waals surface area contributed by atoms with Crippen LogP contribution in [-0.2, 0) is 0 Å². The second-order valence-electron chi connectivity index (χ2n) is 3.53. The normalized spacial score (nSPS) is 11.2. The molecule has 0 amide bonds. The van der Waals surface area contributed by atoms with Crippen molar-refractivity contribution in [1.29, 1.82) is 0 Å². The molecular formula is C11H10Br2OS2. The molecule has 0 aliphatic rings. The molecule has 0 N–H and O–H groups in total. The Balaban J connectivity index is 2.32. The molecule has 2 heterocycles. The second-order valence-corrected chi connectivity index (χ2v) is 8.24. The molecule has 0 spiro atoms. The van der Waals surface area contributed by atoms with Gasteiger partial charge in [-0.25, -0.2) is 0 Å². The summed E-state index contributed by atoms with van der Waals surface area (Å²) in [5.41, 5.74) is 0. The lowest BCUT2D eigenvalue weighted by molar-refractivity contribution is 0.0984. The van der Waals surface area contributed by atoms with Gasteiger partial charge in [-0.15, -0.1) is 22.7 Å². The van der Waals surface area contributed by atoms with Gasteiger partial charge in [0, 0.05) is 11.8 Å². The van der Waals surface area contributed by atoms with Gasteiger partial charge < -0.3 is 0 Å². The van der Waals surface area contributed by atoms with Gasteiger partial charge in [0.2, 0.25) is 0 Å². The van der Waals surface area contributed by atoms with E-state index in [1.165, 1.54) is 4.70 Å². The fourth-order valence-electron chi connectivity index (χ4n) is 1.46. The SMILES string of the molecule is CCCCC(=O)c1cc2c(Br)sc(Br)c2s1. The zero-order valence-electron chi connectivity index (χ0n) is 8.68. The van der Waals surface area contributed by atoms with Crippen molar-refractivity contribution in [1.82, 2.24) is 0 Å². The summed E-state index contributed by atoms with van der Waals surface area (Å²) in [6, 6.07) is 2.00. The first-order valence-electron chi connectivity index (χ1n) is 5.04. The Hall–Kier alpha value is 0.290. The average molecular weight is 382 g/mol. The van der Waals surface area contributed by atoms with Gasteiger partial charge in [0.15, 0.2) is 5.78 Å². The molecule has 2 rings (SSSR count). The van der Waals surface area contributed by atoms with Crippen LogP contribution in [-0.4, -0.2) is 5.78 Å². The van der Waals surface area contributed by atoms with E-state index in [1.54, 1.807) is 22.7 Å². The summed E-state index contributed by atoms with van der Waals surface area (Å²) in [5.74, 6) is 0.270. The molecule has 0 aromatic carbocycles. The van der Waals surface area contributed by atoms with Crippen LogP contribution in [0.5, 0.6) is 0 Å². The number of rotatable bonds is 4. The molecule has 86 valence electrons. The zero-order valence-corrected chi connectivity index (χ0v) is 13.5. The van der Waals surface area contributed by atoms with Crippen molar-refractivity contribution in [3.05, 3.63) is 18.5 Å². The van der Waals surface area contributed by atoms with Gasteiger partial charge in [-0.05, 0) is 44.3 Å². The first-order valence-corrected chi connectivity index (χ1v) is 8.26. The van der Waals surface area contributed by atoms with Crippen LogP contribution in [0.3, 0.4) is 0 Å². The smallest absolute Gasteiger partial charge is 0.172 e. The minimum atomic E-state index is 0.270. The van der Waals surface area contributed by atoms with Crippen LogP contribution in [0.15, 0.2) is 13.6 Å². The topological polar surface area (TPSA) is 17.1 Å². The Morgan fingerprint density at radius 3 is 2.69 bits per heavy atom. The second kappa shape index (κ2) is 5.29. The average Bonchev–Trinajstić information content (AvgIpc) is 2.79. The minimum absolute atomic E-state index is 0.270. The minimum Gasteiger partial charge on any atom is -0.293 e. The number of fused-ring (bicyclic) bond motifs is 1. The van der Waals surface area contributed by atoms with Crippen LogP contribution in [0.2, 0.25) is 0 Å². The van der Waals surface area contributed by atoms with Crippen molar-refractivity contribution >= 4 is 70.4 Å². The number of Topliss-reactive ketones (excluding diaryl/α,β-unsaturated/α-hetero) is 1. The van der Waals surface area contributed by atoms with E-state index < -0.39 is 0 Å². The molecule has 1 nitrogen and oxygen atoms in total. The van der Waals surface area contributed by atoms with Crippen LogP contribution < -0.4 is 0 Å². The van der Waals surface area contributed by atoms with Gasteiger partial charge in [-0.2, -0.15) is 0 Å². The highest BCUT2D eigenvalue weighted by molar-refractivity contribution is 9.12. The standard InChI is InChI=1S/C11H10Br2OS2/c1-2-3-4-7(14)8-5-6-9(15-8)11(13)16-10(6)12/h5H,2-4H2,1H3. The van der Waals surface area contributed by atoms with E-state index in [9.17, 15) is 4.79 Å². The van der Waals surface area contributed by atoms with E-state index in [4.69, 9.17) is 0 Å². The molecule has 2 aromatic heterocycles. The van der Waals surface area contributed by atoms with Crippen molar-refractivity contribution in [2.45, 2.75) is 26.2 Å². The van der Waals surface area contributed by atoms with Crippen LogP contribution in [0.4, 0.5) is 0 Å². The summed E-state index contributed by atoms with van der Waals surface area (Å²) in [6.45, 7) is 2.10. The first-order chi connectivity index (χ1) is 7.63. The summed E-state index contributed by atoms with van der Waals surface area (Å²) < 4.78 is 3.38. The van der Waals surface area contributed by atoms with Gasteiger partial charge in [-0.3, -0.25) is 4.79 Å². The molecular weight excluding hydrogens is 372 g/mol. The third-order valence-corrected chi connectivity index (χ3v) is 6.50. The molecule has 0 unspecified atom stereocenters. The number of hydrogen-bond donors (Lipinski definition) is 0. The van der Waals surface area contributed by atoms with Crippen molar-refractivity contribution in [2.24, 2.45) is 0 Å². The number of hydrogen-bond acceptors (Lipinski definition) is 3. The van der Waals surface area contributed by atoms with E-state index in [0.717, 1.165) is 30.7 Å². The number of carbonyl (C=O) groups is 1. The monoisotopic (exact) mass is 380 g/mol. The van der Waals surface area contributed by atoms with E-state index in [0.29, 0.717) is 6.42 Å². The zero-order chi connectivity index (χ0) is 11.7. The molecule has 0 fully saturated rings. The molecule has 2 aromatic rings. The number of unbranched alkanes of at least 4 members (excludes halogenated alkanes) is 1. The molecule has 0 bridgehead atoms. The molecule has 0 saturated heterocycles. The molecule has 16 heavy (non-hydrogen) atoms. The summed E-state index contributed by atoms with van der Waals surface area (Å²) >= 11 is 10.3. The Kier molecular flexibility index (Phi) is 4.21. The van der Waals surface area contributed by atoms with Gasteiger partial charge in [0.1, 0.15) is 0 Å². The number of ketones is 1. The van der Waals surface area contributed by atoms with Crippen LogP contribution in [0.1, 0.15) is 35.9 Å². The highest BCUT2D eigenvalue weighted by Gasteiger charge is 2.15. The largest absolute Gasteiger partial charge is 0.293 e. The molecule has 0 atom stereocenters. The summed E-state index contributed by atoms with van der Waals surface area (Å²) in [6.07, 6.45) is 2.71. The van der Waals surface area contributed by atoms with E-state index in [1.807, 2.05) is 6.07 Å². The van der Waals surface area contributed by atoms with Crippen molar-refractivity contribution in [3.8, 4) is 0 Å². The fraction of sp³-hybridized carbons (Fsp3) is 0.364. The lowest BCUT2D eigenvalue weighted by atomic mass is 10.1. The highest BCUT2D eigenvalue weighted by Crippen LogP contribution is 2.43. The predicted octanol–water partition coefficient (Wildman–Crippen LogP) is 5.86. The Labute approximate surface area is 119 Å². The predicted molar refractivity (Wildman–Crippen MR) is 79.0 cm³/mol. The first kappa shape index (κ1) is 12.7. The Bertz CT molecular complexity index is 493. The number of carbonyl (C=O) groups excluding carboxylic acids is 1. The molecule has 0 aliphatic heterocycles. The van der Waals surface area contributed by atoms with Crippen molar-refractivity contribution < 1.29 is 4.79 Å². The highest BCUT2D eigenvalue weighted by atomic mass is 79.9. The molecule has 5 heteroatoms. The van der Waals surface area contributed by atoms with Crippen molar-refractivity contribution in [3.63, 3.8) is 0 Å². The van der Waals surface area contributed by atoms with Crippen molar-refractivity contribution in [2.75, 3.05) is 0 Å². The van der Waals surface area contributed by atoms with E-state index in [2.05, 4.69) is 38.8 Å². The Morgan fingerprint density at radius 1 is 1.31 bits per heavy atom. The van der Waals surface area contributed by atoms with Gasteiger partial charge in [-0.1, -0.05) is 13.3 Å². The number of thiophene rings is 2. The van der Waals surface area contributed by atoms with Gasteiger partial charge in [0.25, 0.3) is 0 Å². The Morgan fingerprint density at radius 2 is 2.06 bits per heavy atom. The van der Waals surface area contributed by atoms with E-state index in [-0.39, 0.29) is 5.78 Å². The van der Waals surface area contributed by atoms with Crippen LogP contribution in [0, 0.1) is 0 Å². The third-order valence-electron chi connectivity index (χ3n) is 2.33. The molecule has 0 radical (unpaired) electrons. The maximum atomic E-state index is 11.9. The summed E-state index contributed by atoms with van der Waals surface area (Å²) in [4.78, 5) is 12.8.